The Morgan fingerprint density at radius 3 is 2.60 bits per heavy atom. The maximum absolute atomic E-state index is 12.7. The molecule has 1 amide bonds. The average molecular weight is 292 g/mol. The predicted molar refractivity (Wildman–Crippen MR) is 86.6 cm³/mol. The van der Waals surface area contributed by atoms with Crippen LogP contribution >= 0.6 is 11.8 Å². The summed E-state index contributed by atoms with van der Waals surface area (Å²) in [6.45, 7) is 4.85. The van der Waals surface area contributed by atoms with Crippen LogP contribution in [0.5, 0.6) is 0 Å². The van der Waals surface area contributed by atoms with E-state index in [-0.39, 0.29) is 11.3 Å². The average Bonchev–Trinajstić information content (AvgIpc) is 2.46. The summed E-state index contributed by atoms with van der Waals surface area (Å²) in [7, 11) is 0. The van der Waals surface area contributed by atoms with Gasteiger partial charge < -0.3 is 10.6 Å². The van der Waals surface area contributed by atoms with Gasteiger partial charge in [-0.3, -0.25) is 4.79 Å². The van der Waals surface area contributed by atoms with Crippen molar-refractivity contribution in [2.45, 2.75) is 50.9 Å². The van der Waals surface area contributed by atoms with E-state index in [1.54, 1.807) is 0 Å². The molecule has 0 bridgehead atoms. The summed E-state index contributed by atoms with van der Waals surface area (Å²) in [5, 5.41) is 0.153. The lowest BCUT2D eigenvalue weighted by Crippen LogP contribution is -2.42. The second-order valence-corrected chi connectivity index (χ2v) is 6.97. The number of hydrogen-bond donors (Lipinski definition) is 1. The molecule has 1 atom stereocenters. The van der Waals surface area contributed by atoms with E-state index >= 15 is 0 Å². The van der Waals surface area contributed by atoms with Gasteiger partial charge in [0.25, 0.3) is 0 Å². The lowest BCUT2D eigenvalue weighted by Gasteiger charge is -2.32. The minimum Gasteiger partial charge on any atom is -0.399 e. The number of carbonyl (C=O) groups is 1. The zero-order valence-electron chi connectivity index (χ0n) is 12.3. The summed E-state index contributed by atoms with van der Waals surface area (Å²) in [4.78, 5) is 14.7. The summed E-state index contributed by atoms with van der Waals surface area (Å²) in [6.07, 6.45) is 3.44. The molecule has 20 heavy (non-hydrogen) atoms. The van der Waals surface area contributed by atoms with Crippen molar-refractivity contribution in [1.29, 1.82) is 0 Å². The second kappa shape index (κ2) is 7.02. The third-order valence-electron chi connectivity index (χ3n) is 3.69. The molecular formula is C16H24N2OS. The van der Waals surface area contributed by atoms with Crippen LogP contribution in [0.3, 0.4) is 0 Å². The number of thioether (sulfide) groups is 1. The fourth-order valence-corrected chi connectivity index (χ4v) is 3.72. The minimum atomic E-state index is 0.153. The normalized spacial score (nSPS) is 19.1. The molecule has 3 nitrogen and oxygen atoms in total. The molecule has 2 rings (SSSR count). The molecule has 0 spiro atoms. The summed E-state index contributed by atoms with van der Waals surface area (Å²) in [5.74, 6) is 1.41. The van der Waals surface area contributed by atoms with Crippen LogP contribution in [-0.4, -0.2) is 27.9 Å². The van der Waals surface area contributed by atoms with Gasteiger partial charge in [0.15, 0.2) is 0 Å². The Hall–Kier alpha value is -1.16. The van der Waals surface area contributed by atoms with Crippen LogP contribution in [0.4, 0.5) is 5.69 Å². The van der Waals surface area contributed by atoms with Crippen molar-refractivity contribution in [3.8, 4) is 0 Å². The van der Waals surface area contributed by atoms with Gasteiger partial charge in [-0.15, -0.1) is 11.8 Å². The van der Waals surface area contributed by atoms with Gasteiger partial charge in [-0.25, -0.2) is 0 Å². The number of nitrogen functional groups attached to an aromatic ring is 1. The van der Waals surface area contributed by atoms with Crippen LogP contribution in [0.1, 0.15) is 38.7 Å². The van der Waals surface area contributed by atoms with Gasteiger partial charge in [0.2, 0.25) is 5.91 Å². The van der Waals surface area contributed by atoms with Crippen molar-refractivity contribution in [3.05, 3.63) is 29.8 Å². The molecule has 4 heteroatoms. The Morgan fingerprint density at radius 2 is 2.05 bits per heavy atom. The first-order valence-electron chi connectivity index (χ1n) is 7.34. The molecule has 1 aliphatic rings. The third kappa shape index (κ3) is 3.92. The Bertz CT molecular complexity index is 438. The molecule has 1 unspecified atom stereocenters. The largest absolute Gasteiger partial charge is 0.399 e. The molecule has 1 aliphatic heterocycles. The highest BCUT2D eigenvalue weighted by Gasteiger charge is 2.28. The third-order valence-corrected chi connectivity index (χ3v) is 5.06. The number of rotatable bonds is 4. The fraction of sp³-hybridized carbons (Fsp3) is 0.562. The van der Waals surface area contributed by atoms with Gasteiger partial charge in [0, 0.05) is 18.3 Å². The van der Waals surface area contributed by atoms with E-state index in [0.29, 0.717) is 12.5 Å². The fourth-order valence-electron chi connectivity index (χ4n) is 2.46. The van der Waals surface area contributed by atoms with Crippen LogP contribution in [0, 0.1) is 0 Å². The quantitative estimate of drug-likeness (QED) is 0.866. The van der Waals surface area contributed by atoms with E-state index in [9.17, 15) is 4.79 Å². The Kier molecular flexibility index (Phi) is 5.35. The molecule has 1 saturated heterocycles. The van der Waals surface area contributed by atoms with E-state index in [2.05, 4.69) is 13.8 Å². The van der Waals surface area contributed by atoms with E-state index in [1.807, 2.05) is 40.9 Å². The summed E-state index contributed by atoms with van der Waals surface area (Å²) >= 11 is 1.82. The first-order valence-corrected chi connectivity index (χ1v) is 8.39. The molecule has 1 heterocycles. The highest BCUT2D eigenvalue weighted by Crippen LogP contribution is 2.27. The Morgan fingerprint density at radius 1 is 1.35 bits per heavy atom. The van der Waals surface area contributed by atoms with Crippen molar-refractivity contribution in [1.82, 2.24) is 4.90 Å². The van der Waals surface area contributed by atoms with Gasteiger partial charge >= 0.3 is 0 Å². The maximum atomic E-state index is 12.7. The standard InChI is InChI=1S/C16H24N2OS/c1-12(2)18(11-13-6-8-14(17)9-7-13)16(19)15-5-3-4-10-20-15/h6-9,12,15H,3-5,10-11,17H2,1-2H3. The first kappa shape index (κ1) is 15.2. The van der Waals surface area contributed by atoms with Gasteiger partial charge in [-0.1, -0.05) is 18.6 Å². The van der Waals surface area contributed by atoms with Crippen molar-refractivity contribution in [2.75, 3.05) is 11.5 Å². The highest BCUT2D eigenvalue weighted by atomic mass is 32.2. The van der Waals surface area contributed by atoms with Crippen LogP contribution in [0.2, 0.25) is 0 Å². The van der Waals surface area contributed by atoms with Crippen LogP contribution in [0.15, 0.2) is 24.3 Å². The lowest BCUT2D eigenvalue weighted by atomic mass is 10.1. The Labute approximate surface area is 125 Å². The Balaban J connectivity index is 2.06. The number of hydrogen-bond acceptors (Lipinski definition) is 3. The number of nitrogens with zero attached hydrogens (tertiary/aromatic N) is 1. The highest BCUT2D eigenvalue weighted by molar-refractivity contribution is 8.00. The zero-order valence-corrected chi connectivity index (χ0v) is 13.2. The van der Waals surface area contributed by atoms with Crippen molar-refractivity contribution in [3.63, 3.8) is 0 Å². The molecule has 110 valence electrons. The monoisotopic (exact) mass is 292 g/mol. The van der Waals surface area contributed by atoms with Crippen molar-refractivity contribution in [2.24, 2.45) is 0 Å². The number of nitrogens with two attached hydrogens (primary N) is 1. The van der Waals surface area contributed by atoms with Crippen LogP contribution in [-0.2, 0) is 11.3 Å². The molecule has 1 aromatic carbocycles. The van der Waals surface area contributed by atoms with Gasteiger partial charge in [-0.2, -0.15) is 0 Å². The van der Waals surface area contributed by atoms with Crippen molar-refractivity contribution < 1.29 is 4.79 Å². The molecule has 1 aromatic rings. The van der Waals surface area contributed by atoms with E-state index in [4.69, 9.17) is 5.73 Å². The summed E-state index contributed by atoms with van der Waals surface area (Å²) in [6, 6.07) is 8.03. The summed E-state index contributed by atoms with van der Waals surface area (Å²) in [5.41, 5.74) is 7.61. The number of anilines is 1. The van der Waals surface area contributed by atoms with E-state index in [0.717, 1.165) is 23.4 Å². The first-order chi connectivity index (χ1) is 9.58. The number of amides is 1. The molecule has 0 aromatic heterocycles. The molecule has 0 radical (unpaired) electrons. The molecule has 0 aliphatic carbocycles. The summed E-state index contributed by atoms with van der Waals surface area (Å²) < 4.78 is 0. The smallest absolute Gasteiger partial charge is 0.236 e. The minimum absolute atomic E-state index is 0.153. The predicted octanol–water partition coefficient (Wildman–Crippen LogP) is 3.29. The van der Waals surface area contributed by atoms with E-state index < -0.39 is 0 Å². The van der Waals surface area contributed by atoms with Gasteiger partial charge in [0.1, 0.15) is 0 Å². The topological polar surface area (TPSA) is 46.3 Å². The zero-order chi connectivity index (χ0) is 14.5. The second-order valence-electron chi connectivity index (χ2n) is 5.66. The van der Waals surface area contributed by atoms with Crippen molar-refractivity contribution >= 4 is 23.4 Å². The van der Waals surface area contributed by atoms with Crippen LogP contribution in [0.25, 0.3) is 0 Å². The molecule has 1 fully saturated rings. The molecular weight excluding hydrogens is 268 g/mol. The number of carbonyl (C=O) groups excluding carboxylic acids is 1. The maximum Gasteiger partial charge on any atom is 0.236 e. The number of benzene rings is 1. The van der Waals surface area contributed by atoms with Gasteiger partial charge in [0.05, 0.1) is 5.25 Å². The lowest BCUT2D eigenvalue weighted by molar-refractivity contribution is -0.133. The van der Waals surface area contributed by atoms with Crippen LogP contribution < -0.4 is 5.73 Å². The van der Waals surface area contributed by atoms with Gasteiger partial charge in [-0.05, 0) is 50.1 Å². The molecule has 2 N–H and O–H groups in total. The van der Waals surface area contributed by atoms with E-state index in [1.165, 1.54) is 12.8 Å². The SMILES string of the molecule is CC(C)N(Cc1ccc(N)cc1)C(=O)C1CCCCS1. The molecule has 0 saturated carbocycles.